The minimum Gasteiger partial charge on any atom is -0.475 e. The van der Waals surface area contributed by atoms with Gasteiger partial charge in [-0.25, -0.2) is 94.6 Å². The molecule has 0 fully saturated rings. The van der Waals surface area contributed by atoms with Crippen molar-refractivity contribution in [3.8, 4) is 0 Å². The van der Waals surface area contributed by atoms with Gasteiger partial charge in [0.1, 0.15) is 121 Å². The summed E-state index contributed by atoms with van der Waals surface area (Å²) in [4.78, 5) is 129. The fraction of sp³-hybridized carbons (Fsp3) is 0.111. The van der Waals surface area contributed by atoms with Gasteiger partial charge in [0.25, 0.3) is 34.7 Å². The first-order chi connectivity index (χ1) is 40.6. The molecule has 0 amide bonds. The highest BCUT2D eigenvalue weighted by Gasteiger charge is 2.30. The minimum atomic E-state index is -2.01. The van der Waals surface area contributed by atoms with Crippen LogP contribution < -0.4 is 0 Å². The Morgan fingerprint density at radius 2 is 0.471 bits per heavy atom. The lowest BCUT2D eigenvalue weighted by Crippen LogP contribution is -2.20. The molecular formula is C54H33F15O18. The first-order valence-corrected chi connectivity index (χ1v) is 22.6. The number of benzene rings is 6. The zero-order valence-corrected chi connectivity index (χ0v) is 43.7. The molecule has 0 aliphatic carbocycles. The first kappa shape index (κ1) is 74.1. The quantitative estimate of drug-likeness (QED) is 0.0338. The second-order valence-electron chi connectivity index (χ2n) is 15.0. The number of carboxylic acid groups (broad SMARTS) is 2. The molecule has 0 saturated heterocycles. The number of halogens is 15. The normalized spacial score (nSPS) is 9.83. The van der Waals surface area contributed by atoms with Gasteiger partial charge in [-0.1, -0.05) is 18.2 Å². The van der Waals surface area contributed by atoms with Crippen LogP contribution in [0.1, 0.15) is 76.0 Å². The number of esters is 4. The highest BCUT2D eigenvalue weighted by atomic mass is 19.2. The van der Waals surface area contributed by atoms with E-state index in [0.29, 0.717) is 24.3 Å². The second-order valence-corrected chi connectivity index (χ2v) is 15.0. The van der Waals surface area contributed by atoms with Crippen LogP contribution in [0.2, 0.25) is 0 Å². The van der Waals surface area contributed by atoms with Crippen molar-refractivity contribution in [2.75, 3.05) is 27.4 Å². The van der Waals surface area contributed by atoms with E-state index >= 15 is 0 Å². The van der Waals surface area contributed by atoms with Gasteiger partial charge in [0, 0.05) is 36.4 Å². The van der Waals surface area contributed by atoms with Crippen molar-refractivity contribution in [2.45, 2.75) is 13.8 Å². The van der Waals surface area contributed by atoms with E-state index in [1.165, 1.54) is 13.8 Å². The number of hydrogen-bond acceptors (Lipinski definition) is 16. The molecule has 0 radical (unpaired) electrons. The van der Waals surface area contributed by atoms with Crippen molar-refractivity contribution in [3.63, 3.8) is 0 Å². The Bertz CT molecular complexity index is 3530. The number of carboxylic acids is 2. The molecule has 0 aliphatic heterocycles. The van der Waals surface area contributed by atoms with Crippen molar-refractivity contribution in [1.29, 1.82) is 0 Å². The van der Waals surface area contributed by atoms with Crippen LogP contribution in [0, 0.1) is 87.3 Å². The number of hydrogen-bond donors (Lipinski definition) is 2. The number of aliphatic carboxylic acids is 2. The summed E-state index contributed by atoms with van der Waals surface area (Å²) in [5, 5.41) is 16.4. The number of Topliss-reactive ketones (excluding diaryl/α,β-unsaturated/α-hetero) is 6. The van der Waals surface area contributed by atoms with E-state index in [4.69, 9.17) is 10.2 Å². The second kappa shape index (κ2) is 34.7. The summed E-state index contributed by atoms with van der Waals surface area (Å²) in [5.41, 5.74) is -6.30. The van der Waals surface area contributed by atoms with Crippen molar-refractivity contribution >= 4 is 70.5 Å². The highest BCUT2D eigenvalue weighted by molar-refractivity contribution is 6.43. The molecule has 6 rings (SSSR count). The maximum Gasteiger partial charge on any atom is 0.379 e. The third-order valence-corrected chi connectivity index (χ3v) is 9.32. The van der Waals surface area contributed by atoms with Gasteiger partial charge in [-0.15, -0.1) is 0 Å². The number of carbonyl (C=O) groups excluding carboxylic acids is 10. The average molecular weight is 1250 g/mol. The number of ether oxygens (including phenoxy) is 4. The molecule has 0 saturated carbocycles. The summed E-state index contributed by atoms with van der Waals surface area (Å²) in [6.07, 6.45) is 0. The van der Waals surface area contributed by atoms with E-state index in [9.17, 15) is 123 Å². The van der Waals surface area contributed by atoms with E-state index in [2.05, 4.69) is 18.9 Å². The van der Waals surface area contributed by atoms with Gasteiger partial charge in [-0.2, -0.15) is 0 Å². The Hall–Kier alpha value is -10.9. The monoisotopic (exact) mass is 1250 g/mol. The molecule has 0 heterocycles. The van der Waals surface area contributed by atoms with Gasteiger partial charge >= 0.3 is 35.8 Å². The van der Waals surface area contributed by atoms with Gasteiger partial charge in [0.2, 0.25) is 0 Å². The number of carbonyl (C=O) groups is 12. The van der Waals surface area contributed by atoms with Crippen LogP contribution in [-0.4, -0.2) is 108 Å². The Kier molecular flexibility index (Phi) is 29.5. The summed E-state index contributed by atoms with van der Waals surface area (Å²) >= 11 is 0. The van der Waals surface area contributed by atoms with Crippen LogP contribution >= 0.6 is 0 Å². The summed E-state index contributed by atoms with van der Waals surface area (Å²) in [7, 11) is 1.85. The minimum absolute atomic E-state index is 0.0271. The zero-order chi connectivity index (χ0) is 66.9. The van der Waals surface area contributed by atoms with Gasteiger partial charge in [-0.3, -0.25) is 28.8 Å². The predicted molar refractivity (Wildman–Crippen MR) is 257 cm³/mol. The Labute approximate surface area is 475 Å². The number of ketones is 6. The fourth-order valence-electron chi connectivity index (χ4n) is 5.62. The molecule has 18 nitrogen and oxygen atoms in total. The highest BCUT2D eigenvalue weighted by Crippen LogP contribution is 2.20. The topological polar surface area (TPSA) is 282 Å². The van der Waals surface area contributed by atoms with Crippen LogP contribution in [0.4, 0.5) is 65.9 Å². The summed E-state index contributed by atoms with van der Waals surface area (Å²) in [6.45, 7) is 2.79. The van der Waals surface area contributed by atoms with Crippen molar-refractivity contribution in [3.05, 3.63) is 212 Å². The van der Waals surface area contributed by atoms with Gasteiger partial charge in [0.15, 0.2) is 0 Å². The van der Waals surface area contributed by atoms with E-state index in [0.717, 1.165) is 68.8 Å². The molecule has 2 N–H and O–H groups in total. The molecule has 6 aromatic rings. The molecule has 33 heteroatoms. The SMILES string of the molecule is CCOC(=O)C(=O)c1c(F)cc(F)cc1F.CCOC(=O)C(=O)c1c(F)cccc1F.COC(=O)C(=O)c1c(F)cc(F)cc1F.COC(=O)C(=O)c1c(F)cccc1F.O=C(O)C(=O)c1c(F)cc(F)cc1F.O=C(O)C(=O)c1c(F)cccc1F. The third-order valence-electron chi connectivity index (χ3n) is 9.32. The molecular weight excluding hydrogens is 1220 g/mol. The maximum atomic E-state index is 13.1. The van der Waals surface area contributed by atoms with Gasteiger partial charge in [0.05, 0.1) is 27.4 Å². The summed E-state index contributed by atoms with van der Waals surface area (Å²) in [6, 6.07) is 10.2. The first-order valence-electron chi connectivity index (χ1n) is 22.6. The van der Waals surface area contributed by atoms with E-state index in [-0.39, 0.29) is 25.3 Å². The van der Waals surface area contributed by atoms with Crippen molar-refractivity contribution in [2.24, 2.45) is 0 Å². The van der Waals surface area contributed by atoms with Gasteiger partial charge < -0.3 is 29.2 Å². The molecule has 0 aromatic heterocycles. The molecule has 0 aliphatic rings. The van der Waals surface area contributed by atoms with Crippen LogP contribution in [0.5, 0.6) is 0 Å². The molecule has 0 atom stereocenters. The van der Waals surface area contributed by atoms with Crippen molar-refractivity contribution < 1.29 is 153 Å². The largest absolute Gasteiger partial charge is 0.475 e. The molecule has 0 spiro atoms. The van der Waals surface area contributed by atoms with E-state index in [1.807, 2.05) is 0 Å². The molecule has 6 aromatic carbocycles. The number of methoxy groups -OCH3 is 2. The molecule has 0 unspecified atom stereocenters. The average Bonchev–Trinajstić information content (AvgIpc) is 3.65. The zero-order valence-electron chi connectivity index (χ0n) is 43.7. The lowest BCUT2D eigenvalue weighted by molar-refractivity contribution is -0.138. The van der Waals surface area contributed by atoms with Crippen molar-refractivity contribution in [1.82, 2.24) is 0 Å². The smallest absolute Gasteiger partial charge is 0.379 e. The Morgan fingerprint density at radius 3 is 0.655 bits per heavy atom. The van der Waals surface area contributed by atoms with Crippen LogP contribution in [-0.2, 0) is 47.7 Å². The van der Waals surface area contributed by atoms with Crippen LogP contribution in [0.3, 0.4) is 0 Å². The maximum absolute atomic E-state index is 13.1. The van der Waals surface area contributed by atoms with Crippen LogP contribution in [0.25, 0.3) is 0 Å². The molecule has 462 valence electrons. The Morgan fingerprint density at radius 1 is 0.299 bits per heavy atom. The lowest BCUT2D eigenvalue weighted by atomic mass is 10.1. The summed E-state index contributed by atoms with van der Waals surface area (Å²) < 4.78 is 209. The van der Waals surface area contributed by atoms with Gasteiger partial charge in [-0.05, 0) is 50.2 Å². The van der Waals surface area contributed by atoms with Crippen LogP contribution in [0.15, 0.2) is 91.0 Å². The van der Waals surface area contributed by atoms with E-state index in [1.54, 1.807) is 0 Å². The fourth-order valence-corrected chi connectivity index (χ4v) is 5.62. The third kappa shape index (κ3) is 21.4. The standard InChI is InChI=1S/C10H7F3O3.C10H8F2O3.C9H5F3O3.C9H6F2O3.C8H3F3O3.C8H4F2O3/c1-2-16-10(15)9(14)8-6(12)3-5(11)4-7(8)13;1-2-15-10(14)9(13)8-6(11)4-3-5-7(8)12;1-15-9(14)8(13)7-5(11)2-4(10)3-6(7)12;1-14-9(13)8(12)7-5(10)3-2-4-6(7)11;9-3-1-4(10)6(5(11)2-3)7(12)8(13)14;9-4-2-1-3-5(10)6(4)7(11)8(12)13/h3-4H,2H2,1H3;3-5H,2H2,1H3;2-3H,1H3;2-4H,1H3;1-2H,(H,13,14);1-3H,(H,12,13). The predicted octanol–water partition coefficient (Wildman–Crippen LogP) is 8.94. The molecule has 87 heavy (non-hydrogen) atoms. The number of rotatable bonds is 14. The lowest BCUT2D eigenvalue weighted by Gasteiger charge is -2.03. The summed E-state index contributed by atoms with van der Waals surface area (Å²) in [5.74, 6) is -37.2. The molecule has 0 bridgehead atoms. The van der Waals surface area contributed by atoms with E-state index < -0.39 is 191 Å². The Balaban J connectivity index is 0.000000523.